The average Bonchev–Trinajstić information content (AvgIpc) is 2.33. The van der Waals surface area contributed by atoms with E-state index in [-0.39, 0.29) is 0 Å². The molecule has 0 aromatic heterocycles. The Morgan fingerprint density at radius 3 is 2.12 bits per heavy atom. The van der Waals surface area contributed by atoms with Crippen molar-refractivity contribution in [3.8, 4) is 0 Å². The quantitative estimate of drug-likeness (QED) is 0.666. The van der Waals surface area contributed by atoms with Crippen LogP contribution in [-0.4, -0.2) is 24.0 Å². The van der Waals surface area contributed by atoms with Crippen LogP contribution in [0.15, 0.2) is 0 Å². The zero-order chi connectivity index (χ0) is 11.2. The van der Waals surface area contributed by atoms with Gasteiger partial charge in [-0.1, -0.05) is 19.3 Å². The first-order valence-corrected chi connectivity index (χ1v) is 8.41. The maximum absolute atomic E-state index is 5.72. The second-order valence-electron chi connectivity index (χ2n) is 5.43. The first-order chi connectivity index (χ1) is 7.88. The molecule has 0 aliphatic heterocycles. The molecule has 0 bridgehead atoms. The van der Waals surface area contributed by atoms with Crippen molar-refractivity contribution in [1.29, 1.82) is 0 Å². The van der Waals surface area contributed by atoms with E-state index in [0.29, 0.717) is 6.10 Å². The van der Waals surface area contributed by atoms with Crippen molar-refractivity contribution in [1.82, 2.24) is 0 Å². The fourth-order valence-electron chi connectivity index (χ4n) is 3.23. The Hall–Kier alpha value is 0.390. The molecule has 2 fully saturated rings. The summed E-state index contributed by atoms with van der Waals surface area (Å²) >= 11 is 0. The zero-order valence-corrected chi connectivity index (χ0v) is 11.7. The van der Waals surface area contributed by atoms with Crippen LogP contribution in [0.3, 0.4) is 0 Å². The topological polar surface area (TPSA) is 9.23 Å². The zero-order valence-electron chi connectivity index (χ0n) is 10.7. The first-order valence-electron chi connectivity index (χ1n) is 7.26. The van der Waals surface area contributed by atoms with E-state index in [1.165, 1.54) is 66.4 Å². The minimum absolute atomic E-state index is 0.595. The summed E-state index contributed by atoms with van der Waals surface area (Å²) in [6, 6.07) is 0. The number of ether oxygens (including phenoxy) is 1. The predicted octanol–water partition coefficient (Wildman–Crippen LogP) is 4.35. The second-order valence-corrected chi connectivity index (χ2v) is 7.40. The van der Waals surface area contributed by atoms with Gasteiger partial charge < -0.3 is 4.74 Å². The molecule has 1 atom stereocenters. The highest BCUT2D eigenvalue weighted by Crippen LogP contribution is 2.42. The van der Waals surface area contributed by atoms with Gasteiger partial charge >= 0.3 is 0 Å². The van der Waals surface area contributed by atoms with Crippen molar-refractivity contribution < 1.29 is 4.74 Å². The summed E-state index contributed by atoms with van der Waals surface area (Å²) in [5, 5.41) is 0. The van der Waals surface area contributed by atoms with Crippen molar-refractivity contribution in [2.75, 3.05) is 6.61 Å². The fourth-order valence-corrected chi connectivity index (χ4v) is 5.31. The minimum atomic E-state index is 0.595. The van der Waals surface area contributed by atoms with Crippen LogP contribution in [0, 0.1) is 0 Å². The van der Waals surface area contributed by atoms with E-state index < -0.39 is 0 Å². The van der Waals surface area contributed by atoms with Crippen LogP contribution in [0.4, 0.5) is 0 Å². The molecule has 2 rings (SSSR count). The molecule has 0 aromatic rings. The lowest BCUT2D eigenvalue weighted by atomic mass is 9.97. The molecule has 0 heterocycles. The fraction of sp³-hybridized carbons (Fsp3) is 1.00. The highest BCUT2D eigenvalue weighted by Gasteiger charge is 2.24. The molecule has 2 aliphatic rings. The molecule has 1 unspecified atom stereocenters. The summed E-state index contributed by atoms with van der Waals surface area (Å²) < 4.78 is 5.72. The predicted molar refractivity (Wildman–Crippen MR) is 72.9 cm³/mol. The van der Waals surface area contributed by atoms with Crippen molar-refractivity contribution in [3.63, 3.8) is 0 Å². The van der Waals surface area contributed by atoms with Gasteiger partial charge in [-0.2, -0.15) is 0 Å². The third-order valence-electron chi connectivity index (χ3n) is 4.15. The van der Waals surface area contributed by atoms with Crippen LogP contribution in [0.25, 0.3) is 0 Å². The van der Waals surface area contributed by atoms with Crippen molar-refractivity contribution >= 4 is 8.58 Å². The molecule has 0 aromatic carbocycles. The summed E-state index contributed by atoms with van der Waals surface area (Å²) in [7, 11) is 1.27. The lowest BCUT2D eigenvalue weighted by Gasteiger charge is -2.32. The molecular weight excluding hydrogens is 215 g/mol. The van der Waals surface area contributed by atoms with Gasteiger partial charge in [-0.05, 0) is 56.8 Å². The normalized spacial score (nSPS) is 33.6. The van der Waals surface area contributed by atoms with Crippen molar-refractivity contribution in [2.45, 2.75) is 82.1 Å². The van der Waals surface area contributed by atoms with E-state index in [1.807, 2.05) is 0 Å². The maximum Gasteiger partial charge on any atom is 0.0575 e. The van der Waals surface area contributed by atoms with E-state index >= 15 is 0 Å². The van der Waals surface area contributed by atoms with Crippen LogP contribution >= 0.6 is 8.58 Å². The standard InChI is InChI=1S/C14H27OP/c1-2-15-12-8-10-14(11-9-12)16-13-6-4-3-5-7-13/h12-14,16H,2-11H2,1H3. The molecule has 2 aliphatic carbocycles. The minimum Gasteiger partial charge on any atom is -0.379 e. The molecule has 94 valence electrons. The van der Waals surface area contributed by atoms with Crippen LogP contribution in [0.1, 0.15) is 64.7 Å². The van der Waals surface area contributed by atoms with Gasteiger partial charge in [0.1, 0.15) is 0 Å². The van der Waals surface area contributed by atoms with Gasteiger partial charge in [0.05, 0.1) is 6.10 Å². The van der Waals surface area contributed by atoms with Gasteiger partial charge in [0.25, 0.3) is 0 Å². The molecule has 16 heavy (non-hydrogen) atoms. The van der Waals surface area contributed by atoms with Gasteiger partial charge in [0.15, 0.2) is 0 Å². The van der Waals surface area contributed by atoms with E-state index in [9.17, 15) is 0 Å². The summed E-state index contributed by atoms with van der Waals surface area (Å²) in [4.78, 5) is 0. The Morgan fingerprint density at radius 2 is 1.50 bits per heavy atom. The van der Waals surface area contributed by atoms with E-state index in [1.54, 1.807) is 0 Å². The summed E-state index contributed by atoms with van der Waals surface area (Å²) in [5.41, 5.74) is 2.15. The largest absolute Gasteiger partial charge is 0.379 e. The lowest BCUT2D eigenvalue weighted by Crippen LogP contribution is -2.24. The Balaban J connectivity index is 1.64. The van der Waals surface area contributed by atoms with Gasteiger partial charge in [-0.3, -0.25) is 0 Å². The summed E-state index contributed by atoms with van der Waals surface area (Å²) in [6.45, 7) is 3.02. The Labute approximate surface area is 103 Å². The van der Waals surface area contributed by atoms with Crippen molar-refractivity contribution in [2.24, 2.45) is 0 Å². The molecule has 0 amide bonds. The van der Waals surface area contributed by atoms with E-state index in [2.05, 4.69) is 6.92 Å². The molecule has 2 saturated carbocycles. The Kier molecular flexibility index (Phi) is 5.59. The molecule has 0 saturated heterocycles. The Bertz CT molecular complexity index is 181. The van der Waals surface area contributed by atoms with Crippen LogP contribution in [-0.2, 0) is 4.74 Å². The maximum atomic E-state index is 5.72. The smallest absolute Gasteiger partial charge is 0.0575 e. The lowest BCUT2D eigenvalue weighted by molar-refractivity contribution is 0.0377. The van der Waals surface area contributed by atoms with E-state index in [4.69, 9.17) is 4.74 Å². The monoisotopic (exact) mass is 242 g/mol. The number of hydrogen-bond donors (Lipinski definition) is 0. The second kappa shape index (κ2) is 6.97. The van der Waals surface area contributed by atoms with Gasteiger partial charge in [-0.15, -0.1) is 8.58 Å². The number of hydrogen-bond acceptors (Lipinski definition) is 1. The van der Waals surface area contributed by atoms with Gasteiger partial charge in [0, 0.05) is 6.61 Å². The molecule has 0 radical (unpaired) electrons. The average molecular weight is 242 g/mol. The summed E-state index contributed by atoms with van der Waals surface area (Å²) in [5.74, 6) is 0. The summed E-state index contributed by atoms with van der Waals surface area (Å²) in [6.07, 6.45) is 13.7. The third-order valence-corrected chi connectivity index (χ3v) is 6.25. The van der Waals surface area contributed by atoms with Crippen LogP contribution < -0.4 is 0 Å². The van der Waals surface area contributed by atoms with Gasteiger partial charge in [0.2, 0.25) is 0 Å². The Morgan fingerprint density at radius 1 is 0.875 bits per heavy atom. The number of rotatable bonds is 4. The SMILES string of the molecule is CCOC1CCC(PC2CCCCC2)CC1. The third kappa shape index (κ3) is 4.00. The van der Waals surface area contributed by atoms with Crippen LogP contribution in [0.5, 0.6) is 0 Å². The first kappa shape index (κ1) is 12.8. The molecule has 2 heteroatoms. The molecule has 0 N–H and O–H groups in total. The van der Waals surface area contributed by atoms with Gasteiger partial charge in [-0.25, -0.2) is 0 Å². The highest BCUT2D eigenvalue weighted by atomic mass is 31.1. The van der Waals surface area contributed by atoms with Crippen LogP contribution in [0.2, 0.25) is 0 Å². The molecule has 1 nitrogen and oxygen atoms in total. The highest BCUT2D eigenvalue weighted by molar-refractivity contribution is 7.39. The molecular formula is C14H27OP. The molecule has 0 spiro atoms. The van der Waals surface area contributed by atoms with Crippen molar-refractivity contribution in [3.05, 3.63) is 0 Å². The van der Waals surface area contributed by atoms with E-state index in [0.717, 1.165) is 17.9 Å².